The maximum Gasteiger partial charge on any atom is 0.128 e. The molecular weight excluding hydrogens is 440 g/mol. The number of hydrogen-bond acceptors (Lipinski definition) is 2. The van der Waals surface area contributed by atoms with Crippen molar-refractivity contribution in [3.63, 3.8) is 0 Å². The molecular formula is C34H68O2. The van der Waals surface area contributed by atoms with Crippen molar-refractivity contribution in [2.45, 2.75) is 154 Å². The Morgan fingerprint density at radius 1 is 0.861 bits per heavy atom. The first-order valence-electron chi connectivity index (χ1n) is 14.9. The number of methoxy groups -OCH3 is 2. The van der Waals surface area contributed by atoms with Gasteiger partial charge in [-0.05, 0) is 74.7 Å². The summed E-state index contributed by atoms with van der Waals surface area (Å²) < 4.78 is 11.4. The standard InChI is InChI=1S/C23H34O2.5C2H6.CH4/c1-6-23(25-5)13-7-8-20-19-11-10-18(24-4)16-17(19)9-12-21(20)22(2,3)14-15-23;5*1-2;/h1,10,20-21H,7-9,11-16H2,2-5H3;5*1-2H3;1H4/t20?,21?,23-;;;;;;/m0....../s1. The van der Waals surface area contributed by atoms with Crippen LogP contribution in [0.4, 0.5) is 0 Å². The van der Waals surface area contributed by atoms with Crippen LogP contribution in [-0.4, -0.2) is 19.8 Å². The van der Waals surface area contributed by atoms with Gasteiger partial charge in [-0.2, -0.15) is 0 Å². The minimum Gasteiger partial charge on any atom is -0.501 e. The maximum atomic E-state index is 5.89. The highest BCUT2D eigenvalue weighted by atomic mass is 16.5. The summed E-state index contributed by atoms with van der Waals surface area (Å²) in [6.45, 7) is 24.9. The molecule has 0 aromatic carbocycles. The van der Waals surface area contributed by atoms with Gasteiger partial charge in [0.25, 0.3) is 0 Å². The average Bonchev–Trinajstić information content (AvgIpc) is 3.00. The first kappa shape index (κ1) is 41.9. The molecule has 3 atom stereocenters. The molecule has 0 N–H and O–H groups in total. The largest absolute Gasteiger partial charge is 0.501 e. The average molecular weight is 509 g/mol. The van der Waals surface area contributed by atoms with Gasteiger partial charge in [0.1, 0.15) is 5.60 Å². The molecule has 0 saturated heterocycles. The van der Waals surface area contributed by atoms with E-state index in [0.717, 1.165) is 50.2 Å². The molecule has 2 unspecified atom stereocenters. The lowest BCUT2D eigenvalue weighted by Gasteiger charge is -2.45. The van der Waals surface area contributed by atoms with Gasteiger partial charge in [0.15, 0.2) is 0 Å². The van der Waals surface area contributed by atoms with E-state index in [2.05, 4.69) is 25.8 Å². The quantitative estimate of drug-likeness (QED) is 0.273. The molecule has 2 heteroatoms. The van der Waals surface area contributed by atoms with E-state index in [-0.39, 0.29) is 13.0 Å². The molecule has 0 radical (unpaired) electrons. The number of allylic oxidation sites excluding steroid dienone is 3. The lowest BCUT2D eigenvalue weighted by Crippen LogP contribution is -2.36. The fraction of sp³-hybridized carbons (Fsp3) is 0.824. The summed E-state index contributed by atoms with van der Waals surface area (Å²) in [6, 6.07) is 0. The first-order valence-corrected chi connectivity index (χ1v) is 14.9. The molecule has 0 spiro atoms. The van der Waals surface area contributed by atoms with Crippen LogP contribution in [0.25, 0.3) is 0 Å². The van der Waals surface area contributed by atoms with Crippen LogP contribution >= 0.6 is 0 Å². The highest BCUT2D eigenvalue weighted by Crippen LogP contribution is 2.53. The maximum absolute atomic E-state index is 5.89. The summed E-state index contributed by atoms with van der Waals surface area (Å²) in [6.07, 6.45) is 18.4. The van der Waals surface area contributed by atoms with Crippen molar-refractivity contribution in [2.75, 3.05) is 14.2 Å². The van der Waals surface area contributed by atoms with E-state index in [1.807, 2.05) is 69.2 Å². The van der Waals surface area contributed by atoms with Gasteiger partial charge in [0.05, 0.1) is 12.9 Å². The van der Waals surface area contributed by atoms with Gasteiger partial charge in [-0.3, -0.25) is 0 Å². The Labute approximate surface area is 230 Å². The van der Waals surface area contributed by atoms with Crippen LogP contribution in [0.1, 0.15) is 148 Å². The second kappa shape index (κ2) is 24.2. The van der Waals surface area contributed by atoms with Gasteiger partial charge >= 0.3 is 0 Å². The first-order chi connectivity index (χ1) is 16.9. The van der Waals surface area contributed by atoms with Gasteiger partial charge in [0.2, 0.25) is 0 Å². The van der Waals surface area contributed by atoms with Crippen molar-refractivity contribution in [1.82, 2.24) is 0 Å². The van der Waals surface area contributed by atoms with Crippen molar-refractivity contribution in [3.05, 3.63) is 23.0 Å². The van der Waals surface area contributed by atoms with Crippen molar-refractivity contribution in [1.29, 1.82) is 0 Å². The highest BCUT2D eigenvalue weighted by molar-refractivity contribution is 5.32. The fourth-order valence-electron chi connectivity index (χ4n) is 5.52. The van der Waals surface area contributed by atoms with Crippen LogP contribution in [0, 0.1) is 29.6 Å². The van der Waals surface area contributed by atoms with Crippen molar-refractivity contribution in [3.8, 4) is 12.3 Å². The molecule has 36 heavy (non-hydrogen) atoms. The molecule has 3 aliphatic rings. The predicted octanol–water partition coefficient (Wildman–Crippen LogP) is 11.4. The van der Waals surface area contributed by atoms with Crippen molar-refractivity contribution < 1.29 is 9.47 Å². The second-order valence-electron chi connectivity index (χ2n) is 8.86. The molecule has 0 heterocycles. The van der Waals surface area contributed by atoms with Crippen molar-refractivity contribution >= 4 is 0 Å². The van der Waals surface area contributed by atoms with E-state index in [1.54, 1.807) is 25.4 Å². The number of fused-ring (bicyclic) bond motifs is 2. The van der Waals surface area contributed by atoms with Crippen LogP contribution < -0.4 is 0 Å². The van der Waals surface area contributed by atoms with Gasteiger partial charge < -0.3 is 9.47 Å². The Kier molecular flexibility index (Phi) is 28.1. The van der Waals surface area contributed by atoms with Crippen LogP contribution in [0.5, 0.6) is 0 Å². The van der Waals surface area contributed by atoms with E-state index in [4.69, 9.17) is 15.9 Å². The van der Waals surface area contributed by atoms with E-state index in [0.29, 0.717) is 11.3 Å². The molecule has 216 valence electrons. The molecule has 0 aromatic rings. The SMILES string of the molecule is C.C#C[C@]1(OC)CCCC2C3=C(CCC2C(C)(C)CC1)CC(OC)=CC3.CC.CC.CC.CC.CC. The summed E-state index contributed by atoms with van der Waals surface area (Å²) in [5.74, 6) is 5.61. The summed E-state index contributed by atoms with van der Waals surface area (Å²) in [4.78, 5) is 0. The van der Waals surface area contributed by atoms with E-state index in [1.165, 1.54) is 19.3 Å². The van der Waals surface area contributed by atoms with E-state index >= 15 is 0 Å². The normalized spacial score (nSPS) is 25.3. The minimum atomic E-state index is -0.363. The molecule has 1 saturated carbocycles. The molecule has 1 fully saturated rings. The molecule has 3 aliphatic carbocycles. The fourth-order valence-corrected chi connectivity index (χ4v) is 5.52. The molecule has 0 amide bonds. The smallest absolute Gasteiger partial charge is 0.128 e. The Hall–Kier alpha value is -1.20. The minimum absolute atomic E-state index is 0. The predicted molar refractivity (Wildman–Crippen MR) is 166 cm³/mol. The summed E-state index contributed by atoms with van der Waals surface area (Å²) >= 11 is 0. The van der Waals surface area contributed by atoms with Crippen LogP contribution in [0.2, 0.25) is 0 Å². The third-order valence-corrected chi connectivity index (χ3v) is 7.27. The zero-order chi connectivity index (χ0) is 28.1. The Morgan fingerprint density at radius 2 is 1.42 bits per heavy atom. The van der Waals surface area contributed by atoms with Gasteiger partial charge in [-0.25, -0.2) is 0 Å². The number of ether oxygens (including phenoxy) is 2. The lowest BCUT2D eigenvalue weighted by atomic mass is 9.60. The summed E-state index contributed by atoms with van der Waals surface area (Å²) in [7, 11) is 3.59. The summed E-state index contributed by atoms with van der Waals surface area (Å²) in [5.41, 5.74) is 3.32. The number of hydrogen-bond donors (Lipinski definition) is 0. The highest BCUT2D eigenvalue weighted by Gasteiger charge is 2.43. The van der Waals surface area contributed by atoms with E-state index < -0.39 is 0 Å². The van der Waals surface area contributed by atoms with Crippen molar-refractivity contribution in [2.24, 2.45) is 17.3 Å². The molecule has 3 rings (SSSR count). The van der Waals surface area contributed by atoms with Crippen LogP contribution in [0.3, 0.4) is 0 Å². The number of terminal acetylenes is 1. The number of rotatable bonds is 2. The van der Waals surface area contributed by atoms with Crippen LogP contribution in [-0.2, 0) is 9.47 Å². The molecule has 2 nitrogen and oxygen atoms in total. The molecule has 0 aliphatic heterocycles. The summed E-state index contributed by atoms with van der Waals surface area (Å²) in [5, 5.41) is 0. The zero-order valence-electron chi connectivity index (χ0n) is 26.5. The van der Waals surface area contributed by atoms with Gasteiger partial charge in [0, 0.05) is 13.5 Å². The van der Waals surface area contributed by atoms with Crippen LogP contribution in [0.15, 0.2) is 23.0 Å². The zero-order valence-corrected chi connectivity index (χ0v) is 26.5. The van der Waals surface area contributed by atoms with Gasteiger partial charge in [-0.1, -0.05) is 108 Å². The molecule has 0 aromatic heterocycles. The third kappa shape index (κ3) is 11.9. The Balaban J connectivity index is -0.000000416. The lowest BCUT2D eigenvalue weighted by molar-refractivity contribution is 0.0130. The van der Waals surface area contributed by atoms with E-state index in [9.17, 15) is 0 Å². The monoisotopic (exact) mass is 509 g/mol. The topological polar surface area (TPSA) is 18.5 Å². The third-order valence-electron chi connectivity index (χ3n) is 7.27. The van der Waals surface area contributed by atoms with Gasteiger partial charge in [-0.15, -0.1) is 6.42 Å². The molecule has 0 bridgehead atoms. The Bertz CT molecular complexity index is 605. The second-order valence-corrected chi connectivity index (χ2v) is 8.86. The Morgan fingerprint density at radius 3 is 1.89 bits per heavy atom.